The van der Waals surface area contributed by atoms with Crippen molar-refractivity contribution < 1.29 is 22.7 Å². The first kappa shape index (κ1) is 26.5. The van der Waals surface area contributed by atoms with Crippen molar-refractivity contribution >= 4 is 44.1 Å². The van der Waals surface area contributed by atoms with Crippen LogP contribution in [-0.4, -0.2) is 20.1 Å². The van der Waals surface area contributed by atoms with Crippen molar-refractivity contribution in [2.24, 2.45) is 0 Å². The summed E-state index contributed by atoms with van der Waals surface area (Å²) in [5.41, 5.74) is 3.22. The molecule has 0 aliphatic heterocycles. The molecule has 0 bridgehead atoms. The van der Waals surface area contributed by atoms with E-state index >= 15 is 0 Å². The molecule has 0 saturated heterocycles. The second-order valence-electron chi connectivity index (χ2n) is 9.00. The van der Waals surface area contributed by atoms with E-state index in [0.29, 0.717) is 29.5 Å². The molecule has 0 spiro atoms. The van der Waals surface area contributed by atoms with Gasteiger partial charge in [-0.15, -0.1) is 0 Å². The number of hydrogen-bond donors (Lipinski definition) is 1. The summed E-state index contributed by atoms with van der Waals surface area (Å²) in [4.78, 5) is 24.9. The minimum absolute atomic E-state index is 0.0777. The average molecular weight is 536 g/mol. The lowest BCUT2D eigenvalue weighted by Gasteiger charge is -2.09. The molecule has 0 atom stereocenters. The van der Waals surface area contributed by atoms with Crippen molar-refractivity contribution in [3.05, 3.63) is 112 Å². The van der Waals surface area contributed by atoms with Gasteiger partial charge in [-0.2, -0.15) is 0 Å². The predicted octanol–water partition coefficient (Wildman–Crippen LogP) is 6.02. The highest BCUT2D eigenvalue weighted by molar-refractivity contribution is 7.90. The number of rotatable bonds is 9. The number of Topliss-reactive ketones (excluding diaryl/α,β-unsaturated/α-hetero) is 1. The first-order chi connectivity index (χ1) is 17.6. The highest BCUT2D eigenvalue weighted by Crippen LogP contribution is 2.23. The van der Waals surface area contributed by atoms with Crippen LogP contribution in [0.4, 0.5) is 0 Å². The fraction of sp³-hybridized carbons (Fsp3) is 0.172. The third-order valence-corrected chi connectivity index (χ3v) is 7.48. The highest BCUT2D eigenvalue weighted by Gasteiger charge is 2.24. The van der Waals surface area contributed by atoms with E-state index in [4.69, 9.17) is 16.3 Å². The van der Waals surface area contributed by atoms with Gasteiger partial charge in [0.1, 0.15) is 0 Å². The Bertz CT molecular complexity index is 1550. The lowest BCUT2D eigenvalue weighted by atomic mass is 10.0. The van der Waals surface area contributed by atoms with E-state index in [1.54, 1.807) is 36.4 Å². The summed E-state index contributed by atoms with van der Waals surface area (Å²) in [7, 11) is -4.24. The summed E-state index contributed by atoms with van der Waals surface area (Å²) in [6.07, 6.45) is 0. The molecule has 0 aromatic heterocycles. The number of sulfonamides is 1. The quantitative estimate of drug-likeness (QED) is 0.209. The molecule has 0 unspecified atom stereocenters. The average Bonchev–Trinajstić information content (AvgIpc) is 2.88. The van der Waals surface area contributed by atoms with Crippen molar-refractivity contribution in [3.63, 3.8) is 0 Å². The van der Waals surface area contributed by atoms with Crippen LogP contribution in [0, 0.1) is 0 Å². The highest BCUT2D eigenvalue weighted by atomic mass is 35.5. The van der Waals surface area contributed by atoms with Gasteiger partial charge in [0, 0.05) is 10.6 Å². The van der Waals surface area contributed by atoms with Crippen molar-refractivity contribution in [1.82, 2.24) is 4.72 Å². The molecule has 0 saturated carbocycles. The summed E-state index contributed by atoms with van der Waals surface area (Å²) < 4.78 is 33.0. The molecule has 6 nitrogen and oxygen atoms in total. The second-order valence-corrected chi connectivity index (χ2v) is 11.1. The van der Waals surface area contributed by atoms with Crippen LogP contribution in [0.25, 0.3) is 10.8 Å². The van der Waals surface area contributed by atoms with Gasteiger partial charge in [0.2, 0.25) is 0 Å². The van der Waals surface area contributed by atoms with Gasteiger partial charge in [0.25, 0.3) is 15.8 Å². The van der Waals surface area contributed by atoms with Gasteiger partial charge in [-0.3, -0.25) is 9.59 Å². The van der Waals surface area contributed by atoms with Crippen LogP contribution >= 0.6 is 11.6 Å². The van der Waals surface area contributed by atoms with Crippen molar-refractivity contribution in [2.75, 3.05) is 0 Å². The van der Waals surface area contributed by atoms with Crippen LogP contribution < -0.4 is 4.72 Å². The van der Waals surface area contributed by atoms with Gasteiger partial charge < -0.3 is 4.74 Å². The summed E-state index contributed by atoms with van der Waals surface area (Å²) in [5, 5.41) is 1.91. The Morgan fingerprint density at radius 2 is 1.38 bits per heavy atom. The van der Waals surface area contributed by atoms with E-state index in [1.807, 2.05) is 16.9 Å². The zero-order valence-electron chi connectivity index (χ0n) is 20.4. The fourth-order valence-corrected chi connectivity index (χ4v) is 4.92. The Morgan fingerprint density at radius 3 is 2.00 bits per heavy atom. The first-order valence-corrected chi connectivity index (χ1v) is 13.5. The Morgan fingerprint density at radius 1 is 0.811 bits per heavy atom. The number of hydrogen-bond acceptors (Lipinski definition) is 5. The number of amides is 1. The van der Waals surface area contributed by atoms with Crippen LogP contribution in [0.2, 0.25) is 5.02 Å². The molecular weight excluding hydrogens is 510 g/mol. The summed E-state index contributed by atoms with van der Waals surface area (Å²) >= 11 is 5.96. The number of nitrogens with one attached hydrogen (secondary N) is 1. The van der Waals surface area contributed by atoms with Crippen molar-refractivity contribution in [3.8, 4) is 0 Å². The predicted molar refractivity (Wildman–Crippen MR) is 144 cm³/mol. The fourth-order valence-electron chi connectivity index (χ4n) is 3.76. The number of carbonyl (C=O) groups excluding carboxylic acids is 2. The Labute approximate surface area is 221 Å². The molecule has 0 radical (unpaired) electrons. The van der Waals surface area contributed by atoms with Crippen molar-refractivity contribution in [1.29, 1.82) is 0 Å². The second kappa shape index (κ2) is 11.3. The first-order valence-electron chi connectivity index (χ1n) is 11.7. The van der Waals surface area contributed by atoms with E-state index in [0.717, 1.165) is 16.5 Å². The molecule has 0 fully saturated rings. The minimum Gasteiger partial charge on any atom is -0.372 e. The van der Waals surface area contributed by atoms with Gasteiger partial charge in [0.05, 0.1) is 18.1 Å². The summed E-state index contributed by atoms with van der Waals surface area (Å²) in [5.74, 6) is -1.71. The molecule has 190 valence electrons. The number of halogens is 1. The number of ketones is 1. The smallest absolute Gasteiger partial charge is 0.306 e. The van der Waals surface area contributed by atoms with E-state index in [2.05, 4.69) is 26.0 Å². The molecule has 1 amide bonds. The summed E-state index contributed by atoms with van der Waals surface area (Å²) in [6.45, 7) is 5.06. The number of fused-ring (bicyclic) bond motifs is 1. The van der Waals surface area contributed by atoms with Crippen LogP contribution in [-0.2, 0) is 32.8 Å². The largest absolute Gasteiger partial charge is 0.372 e. The lowest BCUT2D eigenvalue weighted by Crippen LogP contribution is -2.36. The lowest BCUT2D eigenvalue weighted by molar-refractivity contribution is -0.115. The zero-order valence-corrected chi connectivity index (χ0v) is 22.0. The maximum Gasteiger partial charge on any atom is 0.306 e. The van der Waals surface area contributed by atoms with Crippen LogP contribution in [0.5, 0.6) is 0 Å². The molecule has 4 aromatic carbocycles. The van der Waals surface area contributed by atoms with Crippen LogP contribution in [0.1, 0.15) is 46.8 Å². The maximum absolute atomic E-state index is 12.7. The molecule has 0 aliphatic carbocycles. The standard InChI is InChI=1S/C29H26ClNO5S/c1-19(2)22-7-3-20(4-8-22)17-36-18-21-5-9-23(10-6-21)28(32)29(33)31-37(34,35)27-14-12-24-15-26(30)13-11-25(24)16-27/h3-16,19H,17-18H2,1-2H3,(H,31,33). The zero-order chi connectivity index (χ0) is 26.6. The van der Waals surface area contributed by atoms with E-state index in [-0.39, 0.29) is 10.5 Å². The third-order valence-electron chi connectivity index (χ3n) is 5.92. The Balaban J connectivity index is 1.34. The van der Waals surface area contributed by atoms with E-state index in [1.165, 1.54) is 29.8 Å². The van der Waals surface area contributed by atoms with E-state index < -0.39 is 21.7 Å². The number of benzene rings is 4. The monoisotopic (exact) mass is 535 g/mol. The molecule has 1 N–H and O–H groups in total. The van der Waals surface area contributed by atoms with Crippen molar-refractivity contribution in [2.45, 2.75) is 37.9 Å². The van der Waals surface area contributed by atoms with Crippen LogP contribution in [0.3, 0.4) is 0 Å². The Hall–Kier alpha value is -3.52. The van der Waals surface area contributed by atoms with Gasteiger partial charge in [-0.05, 0) is 57.6 Å². The molecule has 4 aromatic rings. The molecule has 8 heteroatoms. The topological polar surface area (TPSA) is 89.5 Å². The minimum atomic E-state index is -4.24. The molecule has 0 heterocycles. The van der Waals surface area contributed by atoms with Gasteiger partial charge >= 0.3 is 5.91 Å². The maximum atomic E-state index is 12.7. The third kappa shape index (κ3) is 6.63. The van der Waals surface area contributed by atoms with Gasteiger partial charge in [-0.1, -0.05) is 86.1 Å². The molecule has 4 rings (SSSR count). The van der Waals surface area contributed by atoms with Crippen LogP contribution in [0.15, 0.2) is 89.8 Å². The molecule has 0 aliphatic rings. The molecular formula is C29H26ClNO5S. The number of carbonyl (C=O) groups is 2. The van der Waals surface area contributed by atoms with Gasteiger partial charge in [-0.25, -0.2) is 13.1 Å². The molecule has 37 heavy (non-hydrogen) atoms. The SMILES string of the molecule is CC(C)c1ccc(COCc2ccc(C(=O)C(=O)NS(=O)(=O)c3ccc4cc(Cl)ccc4c3)cc2)cc1. The number of ether oxygens (including phenoxy) is 1. The normalized spacial score (nSPS) is 11.6. The van der Waals surface area contributed by atoms with E-state index in [9.17, 15) is 18.0 Å². The Kier molecular flexibility index (Phi) is 8.07. The summed E-state index contributed by atoms with van der Waals surface area (Å²) in [6, 6.07) is 23.9. The van der Waals surface area contributed by atoms with Gasteiger partial charge in [0.15, 0.2) is 0 Å².